The summed E-state index contributed by atoms with van der Waals surface area (Å²) in [5.74, 6) is 0.239. The number of hydrogen-bond acceptors (Lipinski definition) is 6. The van der Waals surface area contributed by atoms with Gasteiger partial charge in [0.2, 0.25) is 0 Å². The van der Waals surface area contributed by atoms with Crippen LogP contribution in [0.25, 0.3) is 0 Å². The summed E-state index contributed by atoms with van der Waals surface area (Å²) in [6.07, 6.45) is 1.40. The molecule has 41 heavy (non-hydrogen) atoms. The van der Waals surface area contributed by atoms with E-state index in [0.29, 0.717) is 31.6 Å². The minimum absolute atomic E-state index is 0.0325. The van der Waals surface area contributed by atoms with Crippen molar-refractivity contribution in [3.63, 3.8) is 0 Å². The second-order valence-electron chi connectivity index (χ2n) is 8.51. The molecule has 0 aliphatic heterocycles. The summed E-state index contributed by atoms with van der Waals surface area (Å²) in [7, 11) is -2.57. The highest BCUT2D eigenvalue weighted by atomic mass is 79.9. The number of hydrogen-bond donors (Lipinski definition) is 1. The topological polar surface area (TPSA) is 97.3 Å². The van der Waals surface area contributed by atoms with Crippen LogP contribution < -0.4 is 19.2 Å². The maximum absolute atomic E-state index is 13.4. The van der Waals surface area contributed by atoms with Gasteiger partial charge in [-0.05, 0) is 70.0 Å². The minimum Gasteiger partial charge on any atom is -0.493 e. The molecule has 0 bridgehead atoms. The van der Waals surface area contributed by atoms with Crippen LogP contribution in [0.4, 0.5) is 5.69 Å². The average Bonchev–Trinajstić information content (AvgIpc) is 2.96. The fourth-order valence-electron chi connectivity index (χ4n) is 3.73. The maximum atomic E-state index is 13.4. The molecule has 12 heteroatoms. The minimum atomic E-state index is -4.07. The monoisotopic (exact) mass is 675 g/mol. The number of benzene rings is 4. The zero-order valence-electron chi connectivity index (χ0n) is 21.6. The molecule has 212 valence electrons. The highest BCUT2D eigenvalue weighted by molar-refractivity contribution is 9.10. The molecular formula is C29H24BrCl2N3O5S. The van der Waals surface area contributed by atoms with Gasteiger partial charge in [-0.2, -0.15) is 5.10 Å². The van der Waals surface area contributed by atoms with Gasteiger partial charge in [0.1, 0.15) is 13.2 Å². The summed E-state index contributed by atoms with van der Waals surface area (Å²) in [5.41, 5.74) is 4.02. The molecule has 0 fully saturated rings. The van der Waals surface area contributed by atoms with Gasteiger partial charge in [0.25, 0.3) is 15.9 Å². The predicted molar refractivity (Wildman–Crippen MR) is 165 cm³/mol. The average molecular weight is 677 g/mol. The molecule has 0 spiro atoms. The number of ether oxygens (including phenoxy) is 2. The molecule has 0 aliphatic carbocycles. The molecule has 0 atom stereocenters. The zero-order chi connectivity index (χ0) is 29.4. The second kappa shape index (κ2) is 13.9. The summed E-state index contributed by atoms with van der Waals surface area (Å²) >= 11 is 15.8. The Kier molecular flexibility index (Phi) is 10.3. The van der Waals surface area contributed by atoms with Crippen molar-refractivity contribution in [3.05, 3.63) is 117 Å². The van der Waals surface area contributed by atoms with Crippen molar-refractivity contribution in [1.29, 1.82) is 0 Å². The van der Waals surface area contributed by atoms with E-state index in [1.54, 1.807) is 54.6 Å². The summed E-state index contributed by atoms with van der Waals surface area (Å²) < 4.78 is 39.8. The standard InChI is InChI=1S/C29H24BrCl2N3O5S/c1-39-27-15-20(14-25(30)29(27)40-19-21-8-5-6-13-26(21)32)17-33-34-28(36)18-35(23-10-7-9-22(31)16-23)41(37,38)24-11-3-2-4-12-24/h2-17H,18-19H2,1H3,(H,34,36)/b33-17-. The molecule has 4 aromatic rings. The Labute approximate surface area is 256 Å². The molecule has 4 aromatic carbocycles. The maximum Gasteiger partial charge on any atom is 0.264 e. The predicted octanol–water partition coefficient (Wildman–Crippen LogP) is 6.69. The second-order valence-corrected chi connectivity index (χ2v) is 12.1. The Bertz CT molecular complexity index is 1670. The first-order chi connectivity index (χ1) is 19.7. The number of hydrazone groups is 1. The summed E-state index contributed by atoms with van der Waals surface area (Å²) in [6, 6.07) is 24.8. The lowest BCUT2D eigenvalue weighted by Crippen LogP contribution is -2.39. The van der Waals surface area contributed by atoms with E-state index < -0.39 is 22.5 Å². The van der Waals surface area contributed by atoms with Crippen LogP contribution in [-0.4, -0.2) is 34.2 Å². The van der Waals surface area contributed by atoms with E-state index in [9.17, 15) is 13.2 Å². The van der Waals surface area contributed by atoms with Gasteiger partial charge in [-0.25, -0.2) is 13.8 Å². The number of amides is 1. The van der Waals surface area contributed by atoms with Gasteiger partial charge in [0.15, 0.2) is 11.5 Å². The summed E-state index contributed by atoms with van der Waals surface area (Å²) in [6.45, 7) is -0.302. The van der Waals surface area contributed by atoms with E-state index in [4.69, 9.17) is 32.7 Å². The number of methoxy groups -OCH3 is 1. The first kappa shape index (κ1) is 30.4. The Morgan fingerprint density at radius 1 is 1.00 bits per heavy atom. The SMILES string of the molecule is COc1cc(/C=N\NC(=O)CN(c2cccc(Cl)c2)S(=O)(=O)c2ccccc2)cc(Br)c1OCc1ccccc1Cl. The highest BCUT2D eigenvalue weighted by Gasteiger charge is 2.27. The summed E-state index contributed by atoms with van der Waals surface area (Å²) in [4.78, 5) is 12.9. The number of nitrogens with one attached hydrogen (secondary N) is 1. The van der Waals surface area contributed by atoms with Gasteiger partial charge < -0.3 is 9.47 Å². The molecule has 0 aliphatic rings. The lowest BCUT2D eigenvalue weighted by atomic mass is 10.2. The molecule has 1 amide bonds. The normalized spacial score (nSPS) is 11.3. The van der Waals surface area contributed by atoms with Crippen LogP contribution in [0.2, 0.25) is 10.0 Å². The van der Waals surface area contributed by atoms with E-state index in [1.807, 2.05) is 18.2 Å². The number of carbonyl (C=O) groups is 1. The first-order valence-electron chi connectivity index (χ1n) is 12.1. The van der Waals surface area contributed by atoms with Gasteiger partial charge >= 0.3 is 0 Å². The number of rotatable bonds is 11. The molecule has 0 saturated carbocycles. The molecule has 0 heterocycles. The third kappa shape index (κ3) is 7.80. The Hall–Kier alpha value is -3.57. The molecule has 0 unspecified atom stereocenters. The van der Waals surface area contributed by atoms with Crippen LogP contribution >= 0.6 is 39.1 Å². The third-order valence-corrected chi connectivity index (χ3v) is 8.68. The van der Waals surface area contributed by atoms with Crippen LogP contribution in [-0.2, 0) is 21.4 Å². The van der Waals surface area contributed by atoms with Gasteiger partial charge in [-0.15, -0.1) is 0 Å². The number of anilines is 1. The van der Waals surface area contributed by atoms with Crippen LogP contribution in [0.1, 0.15) is 11.1 Å². The van der Waals surface area contributed by atoms with Crippen LogP contribution in [0.15, 0.2) is 105 Å². The van der Waals surface area contributed by atoms with Crippen molar-refractivity contribution in [2.24, 2.45) is 5.10 Å². The fraction of sp³-hybridized carbons (Fsp3) is 0.103. The molecular weight excluding hydrogens is 653 g/mol. The van der Waals surface area contributed by atoms with Crippen molar-refractivity contribution in [1.82, 2.24) is 5.43 Å². The smallest absolute Gasteiger partial charge is 0.264 e. The van der Waals surface area contributed by atoms with Gasteiger partial charge in [-0.1, -0.05) is 65.7 Å². The van der Waals surface area contributed by atoms with Crippen molar-refractivity contribution in [2.75, 3.05) is 18.0 Å². The van der Waals surface area contributed by atoms with E-state index in [0.717, 1.165) is 9.87 Å². The lowest BCUT2D eigenvalue weighted by molar-refractivity contribution is -0.119. The third-order valence-electron chi connectivity index (χ3n) is 5.70. The molecule has 0 radical (unpaired) electrons. The molecule has 1 N–H and O–H groups in total. The quantitative estimate of drug-likeness (QED) is 0.141. The van der Waals surface area contributed by atoms with Crippen LogP contribution in [0, 0.1) is 0 Å². The molecule has 4 rings (SSSR count). The van der Waals surface area contributed by atoms with Crippen molar-refractivity contribution >= 4 is 67.0 Å². The number of nitrogens with zero attached hydrogens (tertiary/aromatic N) is 2. The van der Waals surface area contributed by atoms with Crippen LogP contribution in [0.3, 0.4) is 0 Å². The van der Waals surface area contributed by atoms with Crippen molar-refractivity contribution in [3.8, 4) is 11.5 Å². The van der Waals surface area contributed by atoms with Crippen molar-refractivity contribution in [2.45, 2.75) is 11.5 Å². The van der Waals surface area contributed by atoms with E-state index in [2.05, 4.69) is 26.5 Å². The highest BCUT2D eigenvalue weighted by Crippen LogP contribution is 2.37. The van der Waals surface area contributed by atoms with Gasteiger partial charge in [-0.3, -0.25) is 9.10 Å². The molecule has 8 nitrogen and oxygen atoms in total. The van der Waals surface area contributed by atoms with Gasteiger partial charge in [0.05, 0.1) is 28.4 Å². The Morgan fingerprint density at radius 3 is 2.44 bits per heavy atom. The zero-order valence-corrected chi connectivity index (χ0v) is 25.5. The molecule has 0 aromatic heterocycles. The van der Waals surface area contributed by atoms with E-state index >= 15 is 0 Å². The van der Waals surface area contributed by atoms with Crippen LogP contribution in [0.5, 0.6) is 11.5 Å². The summed E-state index contributed by atoms with van der Waals surface area (Å²) in [5, 5.41) is 4.92. The van der Waals surface area contributed by atoms with Gasteiger partial charge in [0, 0.05) is 15.6 Å². The lowest BCUT2D eigenvalue weighted by Gasteiger charge is -2.23. The number of halogens is 3. The largest absolute Gasteiger partial charge is 0.493 e. The first-order valence-corrected chi connectivity index (χ1v) is 15.1. The molecule has 0 saturated heterocycles. The van der Waals surface area contributed by atoms with E-state index in [1.165, 1.54) is 31.5 Å². The Balaban J connectivity index is 1.48. The fourth-order valence-corrected chi connectivity index (χ4v) is 6.11. The Morgan fingerprint density at radius 2 is 1.73 bits per heavy atom. The van der Waals surface area contributed by atoms with Crippen molar-refractivity contribution < 1.29 is 22.7 Å². The van der Waals surface area contributed by atoms with E-state index in [-0.39, 0.29) is 17.2 Å². The number of sulfonamides is 1. The number of carbonyl (C=O) groups excluding carboxylic acids is 1.